The Kier molecular flexibility index (Phi) is 3.23. The van der Waals surface area contributed by atoms with Gasteiger partial charge in [0.25, 0.3) is 5.92 Å². The first-order chi connectivity index (χ1) is 9.15. The van der Waals surface area contributed by atoms with E-state index in [1.54, 1.807) is 0 Å². The van der Waals surface area contributed by atoms with E-state index in [-0.39, 0.29) is 11.3 Å². The SMILES string of the molecule is CC1(C(=O)Nc2ccc(CC(=O)O)c(F)c2)CC1(F)F. The lowest BCUT2D eigenvalue weighted by Crippen LogP contribution is -2.26. The van der Waals surface area contributed by atoms with Gasteiger partial charge in [-0.2, -0.15) is 0 Å². The van der Waals surface area contributed by atoms with Crippen molar-refractivity contribution < 1.29 is 27.9 Å². The molecule has 4 nitrogen and oxygen atoms in total. The van der Waals surface area contributed by atoms with Crippen molar-refractivity contribution in [1.82, 2.24) is 0 Å². The van der Waals surface area contributed by atoms with Crippen molar-refractivity contribution in [1.29, 1.82) is 0 Å². The second kappa shape index (κ2) is 4.50. The predicted octanol–water partition coefficient (Wildman–Crippen LogP) is 2.44. The monoisotopic (exact) mass is 287 g/mol. The average molecular weight is 287 g/mol. The number of carboxylic acid groups (broad SMARTS) is 1. The fraction of sp³-hybridized carbons (Fsp3) is 0.385. The van der Waals surface area contributed by atoms with E-state index in [0.29, 0.717) is 0 Å². The predicted molar refractivity (Wildman–Crippen MR) is 64.0 cm³/mol. The third-order valence-electron chi connectivity index (χ3n) is 3.41. The molecule has 2 N–H and O–H groups in total. The van der Waals surface area contributed by atoms with Crippen molar-refractivity contribution in [3.8, 4) is 0 Å². The summed E-state index contributed by atoms with van der Waals surface area (Å²) < 4.78 is 39.6. The molecule has 2 rings (SSSR count). The lowest BCUT2D eigenvalue weighted by atomic mass is 10.1. The van der Waals surface area contributed by atoms with Gasteiger partial charge in [0.1, 0.15) is 11.2 Å². The van der Waals surface area contributed by atoms with Crippen LogP contribution in [0.2, 0.25) is 0 Å². The summed E-state index contributed by atoms with van der Waals surface area (Å²) in [6.45, 7) is 1.14. The van der Waals surface area contributed by atoms with E-state index in [2.05, 4.69) is 5.32 Å². The summed E-state index contributed by atoms with van der Waals surface area (Å²) in [5.74, 6) is -5.92. The maximum atomic E-state index is 13.6. The molecule has 0 saturated heterocycles. The quantitative estimate of drug-likeness (QED) is 0.893. The first kappa shape index (κ1) is 14.4. The Labute approximate surface area is 112 Å². The van der Waals surface area contributed by atoms with Crippen LogP contribution < -0.4 is 5.32 Å². The molecule has 1 aromatic carbocycles. The lowest BCUT2D eigenvalue weighted by molar-refractivity contribution is -0.136. The number of alkyl halides is 2. The van der Waals surface area contributed by atoms with E-state index in [1.807, 2.05) is 0 Å². The van der Waals surface area contributed by atoms with E-state index in [9.17, 15) is 22.8 Å². The normalized spacial score (nSPS) is 23.2. The molecule has 1 fully saturated rings. The van der Waals surface area contributed by atoms with Crippen LogP contribution in [0.3, 0.4) is 0 Å². The number of carbonyl (C=O) groups excluding carboxylic acids is 1. The molecule has 0 aliphatic heterocycles. The summed E-state index contributed by atoms with van der Waals surface area (Å²) in [6.07, 6.45) is -1.03. The van der Waals surface area contributed by atoms with Gasteiger partial charge in [-0.15, -0.1) is 0 Å². The molecule has 0 aromatic heterocycles. The van der Waals surface area contributed by atoms with E-state index < -0.39 is 41.9 Å². The molecule has 0 spiro atoms. The minimum atomic E-state index is -3.04. The Balaban J connectivity index is 2.10. The summed E-state index contributed by atoms with van der Waals surface area (Å²) >= 11 is 0. The smallest absolute Gasteiger partial charge is 0.307 e. The van der Waals surface area contributed by atoms with Crippen LogP contribution in [0.5, 0.6) is 0 Å². The largest absolute Gasteiger partial charge is 0.481 e. The topological polar surface area (TPSA) is 66.4 Å². The maximum absolute atomic E-state index is 13.6. The number of carbonyl (C=O) groups is 2. The summed E-state index contributed by atoms with van der Waals surface area (Å²) in [4.78, 5) is 22.2. The highest BCUT2D eigenvalue weighted by Gasteiger charge is 2.72. The first-order valence-corrected chi connectivity index (χ1v) is 5.85. The highest BCUT2D eigenvalue weighted by molar-refractivity contribution is 5.98. The van der Waals surface area contributed by atoms with Crippen LogP contribution in [0.4, 0.5) is 18.9 Å². The van der Waals surface area contributed by atoms with Gasteiger partial charge in [0.05, 0.1) is 6.42 Å². The highest BCUT2D eigenvalue weighted by Crippen LogP contribution is 2.60. The molecule has 1 saturated carbocycles. The van der Waals surface area contributed by atoms with Crippen molar-refractivity contribution in [3.63, 3.8) is 0 Å². The number of hydrogen-bond donors (Lipinski definition) is 2. The molecular formula is C13H12F3NO3. The summed E-state index contributed by atoms with van der Waals surface area (Å²) in [5.41, 5.74) is -1.78. The Bertz CT molecular complexity index is 588. The molecule has 1 aliphatic carbocycles. The molecule has 1 aromatic rings. The number of anilines is 1. The molecule has 108 valence electrons. The Morgan fingerprint density at radius 3 is 2.45 bits per heavy atom. The number of halogens is 3. The molecular weight excluding hydrogens is 275 g/mol. The molecule has 7 heteroatoms. The number of hydrogen-bond acceptors (Lipinski definition) is 2. The maximum Gasteiger partial charge on any atom is 0.307 e. The molecule has 0 radical (unpaired) electrons. The first-order valence-electron chi connectivity index (χ1n) is 5.85. The van der Waals surface area contributed by atoms with Crippen LogP contribution in [0.1, 0.15) is 18.9 Å². The summed E-state index contributed by atoms with van der Waals surface area (Å²) in [6, 6.07) is 3.40. The number of carboxylic acids is 1. The van der Waals surface area contributed by atoms with Crippen LogP contribution in [0, 0.1) is 11.2 Å². The van der Waals surface area contributed by atoms with Crippen molar-refractivity contribution in [3.05, 3.63) is 29.6 Å². The second-order valence-corrected chi connectivity index (χ2v) is 5.04. The van der Waals surface area contributed by atoms with Crippen LogP contribution >= 0.6 is 0 Å². The van der Waals surface area contributed by atoms with Gasteiger partial charge in [-0.05, 0) is 24.6 Å². The van der Waals surface area contributed by atoms with Crippen molar-refractivity contribution in [2.45, 2.75) is 25.7 Å². The molecule has 20 heavy (non-hydrogen) atoms. The zero-order valence-electron chi connectivity index (χ0n) is 10.5. The zero-order valence-corrected chi connectivity index (χ0v) is 10.5. The van der Waals surface area contributed by atoms with Gasteiger partial charge in [-0.3, -0.25) is 9.59 Å². The Morgan fingerprint density at radius 1 is 1.40 bits per heavy atom. The van der Waals surface area contributed by atoms with E-state index in [1.165, 1.54) is 12.1 Å². The standard InChI is InChI=1S/C13H12F3NO3/c1-12(6-13(12,15)16)11(20)17-8-3-2-7(4-10(18)19)9(14)5-8/h2-3,5H,4,6H2,1H3,(H,17,20)(H,18,19). The van der Waals surface area contributed by atoms with Gasteiger partial charge in [0, 0.05) is 12.1 Å². The minimum Gasteiger partial charge on any atom is -0.481 e. The van der Waals surface area contributed by atoms with Gasteiger partial charge < -0.3 is 10.4 Å². The molecule has 1 amide bonds. The Hall–Kier alpha value is -2.05. The lowest BCUT2D eigenvalue weighted by Gasteiger charge is -2.12. The third-order valence-corrected chi connectivity index (χ3v) is 3.41. The van der Waals surface area contributed by atoms with Gasteiger partial charge in [0.15, 0.2) is 0 Å². The van der Waals surface area contributed by atoms with E-state index in [0.717, 1.165) is 13.0 Å². The van der Waals surface area contributed by atoms with Crippen LogP contribution in [-0.2, 0) is 16.0 Å². The molecule has 0 bridgehead atoms. The fourth-order valence-electron chi connectivity index (χ4n) is 1.85. The average Bonchev–Trinajstić information content (AvgIpc) is 2.83. The molecule has 0 heterocycles. The van der Waals surface area contributed by atoms with E-state index in [4.69, 9.17) is 5.11 Å². The number of rotatable bonds is 4. The summed E-state index contributed by atoms with van der Waals surface area (Å²) in [5, 5.41) is 10.8. The number of amides is 1. The van der Waals surface area contributed by atoms with Crippen LogP contribution in [0.15, 0.2) is 18.2 Å². The second-order valence-electron chi connectivity index (χ2n) is 5.04. The number of aliphatic carboxylic acids is 1. The Morgan fingerprint density at radius 2 is 2.00 bits per heavy atom. The molecule has 1 aliphatic rings. The van der Waals surface area contributed by atoms with E-state index >= 15 is 0 Å². The van der Waals surface area contributed by atoms with Gasteiger partial charge in [0.2, 0.25) is 5.91 Å². The highest BCUT2D eigenvalue weighted by atomic mass is 19.3. The minimum absolute atomic E-state index is 0.0190. The van der Waals surface area contributed by atoms with Crippen LogP contribution in [-0.4, -0.2) is 22.9 Å². The van der Waals surface area contributed by atoms with Crippen molar-refractivity contribution in [2.75, 3.05) is 5.32 Å². The number of benzene rings is 1. The van der Waals surface area contributed by atoms with Gasteiger partial charge in [-0.25, -0.2) is 13.2 Å². The number of nitrogens with one attached hydrogen (secondary N) is 1. The fourth-order valence-corrected chi connectivity index (χ4v) is 1.85. The zero-order chi connectivity index (χ0) is 15.1. The third kappa shape index (κ3) is 2.48. The van der Waals surface area contributed by atoms with Gasteiger partial charge in [-0.1, -0.05) is 6.07 Å². The van der Waals surface area contributed by atoms with Gasteiger partial charge >= 0.3 is 5.97 Å². The van der Waals surface area contributed by atoms with Crippen molar-refractivity contribution >= 4 is 17.6 Å². The molecule has 1 atom stereocenters. The summed E-state index contributed by atoms with van der Waals surface area (Å²) in [7, 11) is 0. The molecule has 1 unspecified atom stereocenters. The van der Waals surface area contributed by atoms with Crippen molar-refractivity contribution in [2.24, 2.45) is 5.41 Å². The van der Waals surface area contributed by atoms with Crippen LogP contribution in [0.25, 0.3) is 0 Å².